The highest BCUT2D eigenvalue weighted by Crippen LogP contribution is 2.14. The van der Waals surface area contributed by atoms with Crippen LogP contribution >= 0.6 is 0 Å². The van der Waals surface area contributed by atoms with Crippen LogP contribution in [0.5, 0.6) is 0 Å². The van der Waals surface area contributed by atoms with E-state index >= 15 is 0 Å². The lowest BCUT2D eigenvalue weighted by atomic mass is 10.1. The second kappa shape index (κ2) is 8.55. The largest absolute Gasteiger partial charge is 1.00 e. The van der Waals surface area contributed by atoms with Gasteiger partial charge >= 0.3 is 5.82 Å². The summed E-state index contributed by atoms with van der Waals surface area (Å²) in [6.45, 7) is 12.1. The molecule has 20 heavy (non-hydrogen) atoms. The minimum Gasteiger partial charge on any atom is -1.00 e. The van der Waals surface area contributed by atoms with Crippen LogP contribution in [0.25, 0.3) is 0 Å². The smallest absolute Gasteiger partial charge is 0.305 e. The summed E-state index contributed by atoms with van der Waals surface area (Å²) in [4.78, 5) is 0. The number of aromatic nitrogens is 2. The van der Waals surface area contributed by atoms with E-state index in [4.69, 9.17) is 9.94 Å². The number of rotatable bonds is 7. The number of nitrogens with zero attached hydrogens (tertiary/aromatic N) is 3. The van der Waals surface area contributed by atoms with Gasteiger partial charge in [0.2, 0.25) is 0 Å². The number of hydrogen-bond acceptors (Lipinski definition) is 3. The molecule has 0 saturated heterocycles. The third-order valence-electron chi connectivity index (χ3n) is 2.80. The molecule has 1 atom stereocenters. The van der Waals surface area contributed by atoms with Gasteiger partial charge in [0.1, 0.15) is 12.4 Å². The van der Waals surface area contributed by atoms with Crippen LogP contribution in [0.4, 0.5) is 0 Å². The van der Waals surface area contributed by atoms with Gasteiger partial charge in [0.15, 0.2) is 12.9 Å². The molecule has 1 aromatic rings. The minimum atomic E-state index is -0.0517. The highest BCUT2D eigenvalue weighted by molar-refractivity contribution is 5.72. The maximum atomic E-state index is 8.65. The number of aryl methyl sites for hydroxylation is 1. The zero-order chi connectivity index (χ0) is 14.4. The van der Waals surface area contributed by atoms with Gasteiger partial charge in [0.05, 0.1) is 13.2 Å². The summed E-state index contributed by atoms with van der Waals surface area (Å²) < 4.78 is 9.55. The van der Waals surface area contributed by atoms with Gasteiger partial charge in [0, 0.05) is 0 Å². The Morgan fingerprint density at radius 3 is 2.70 bits per heavy atom. The third-order valence-corrected chi connectivity index (χ3v) is 2.80. The molecule has 0 amide bonds. The molecule has 0 aliphatic rings. The van der Waals surface area contributed by atoms with E-state index in [2.05, 4.69) is 18.3 Å². The molecule has 0 radical (unpaired) electrons. The first-order valence-corrected chi connectivity index (χ1v) is 6.09. The maximum Gasteiger partial charge on any atom is 0.305 e. The Morgan fingerprint density at radius 2 is 2.20 bits per heavy atom. The lowest BCUT2D eigenvalue weighted by Gasteiger charge is -2.16. The molecule has 1 heterocycles. The zero-order valence-corrected chi connectivity index (χ0v) is 13.0. The van der Waals surface area contributed by atoms with Crippen molar-refractivity contribution in [2.75, 3.05) is 0 Å². The van der Waals surface area contributed by atoms with Crippen LogP contribution < -0.4 is 17.0 Å². The summed E-state index contributed by atoms with van der Waals surface area (Å²) in [5.74, 6) is 0.748. The third kappa shape index (κ3) is 5.19. The van der Waals surface area contributed by atoms with E-state index in [1.54, 1.807) is 0 Å². The van der Waals surface area contributed by atoms with Crippen LogP contribution in [0, 0.1) is 0 Å². The van der Waals surface area contributed by atoms with Crippen molar-refractivity contribution in [2.24, 2.45) is 12.2 Å². The van der Waals surface area contributed by atoms with E-state index in [0.29, 0.717) is 6.73 Å². The van der Waals surface area contributed by atoms with E-state index in [1.165, 1.54) is 6.21 Å². The topological polar surface area (TPSA) is 50.6 Å². The average Bonchev–Trinajstić information content (AvgIpc) is 2.66. The Bertz CT molecular complexity index is 495. The molecule has 0 spiro atoms. The summed E-state index contributed by atoms with van der Waals surface area (Å²) in [6.07, 6.45) is 5.82. The number of imidazole rings is 1. The van der Waals surface area contributed by atoms with Gasteiger partial charge in [-0.2, -0.15) is 0 Å². The minimum absolute atomic E-state index is 0. The van der Waals surface area contributed by atoms with Crippen molar-refractivity contribution in [3.05, 3.63) is 42.5 Å². The molecule has 0 saturated carbocycles. The van der Waals surface area contributed by atoms with Gasteiger partial charge in [-0.05, 0) is 20.3 Å². The normalized spacial score (nSPS) is 12.2. The molecule has 0 aliphatic heterocycles. The lowest BCUT2D eigenvalue weighted by molar-refractivity contribution is -0.672. The van der Waals surface area contributed by atoms with Crippen LogP contribution in [0.15, 0.2) is 41.9 Å². The molecule has 1 unspecified atom stereocenters. The molecular weight excluding hydrogens is 278 g/mol. The van der Waals surface area contributed by atoms with Gasteiger partial charge in [-0.25, -0.2) is 9.13 Å². The van der Waals surface area contributed by atoms with E-state index in [9.17, 15) is 0 Å². The van der Waals surface area contributed by atoms with E-state index < -0.39 is 0 Å². The van der Waals surface area contributed by atoms with Crippen LogP contribution in [0.1, 0.15) is 26.1 Å². The summed E-state index contributed by atoms with van der Waals surface area (Å²) >= 11 is 0. The van der Waals surface area contributed by atoms with Crippen LogP contribution in [0.2, 0.25) is 0 Å². The van der Waals surface area contributed by atoms with Crippen molar-refractivity contribution in [1.82, 2.24) is 4.57 Å². The Balaban J connectivity index is 0.00000361. The Morgan fingerprint density at radius 1 is 1.55 bits per heavy atom. The van der Waals surface area contributed by atoms with Gasteiger partial charge in [-0.3, -0.25) is 0 Å². The number of oxime groups is 1. The molecule has 0 aliphatic carbocycles. The zero-order valence-electron chi connectivity index (χ0n) is 12.2. The van der Waals surface area contributed by atoms with Crippen molar-refractivity contribution < 1.29 is 26.9 Å². The maximum absolute atomic E-state index is 8.65. The fourth-order valence-corrected chi connectivity index (χ4v) is 1.72. The molecule has 0 bridgehead atoms. The fraction of sp³-hybridized carbons (Fsp3) is 0.429. The number of halogens is 1. The second-order valence-corrected chi connectivity index (χ2v) is 4.77. The molecule has 1 rings (SSSR count). The fourth-order valence-electron chi connectivity index (χ4n) is 1.72. The monoisotopic (exact) mass is 299 g/mol. The van der Waals surface area contributed by atoms with Gasteiger partial charge in [-0.1, -0.05) is 22.9 Å². The Labute approximate surface area is 126 Å². The van der Waals surface area contributed by atoms with E-state index in [1.807, 2.05) is 42.4 Å². The molecule has 6 heteroatoms. The summed E-state index contributed by atoms with van der Waals surface area (Å²) in [6, 6.07) is 0. The summed E-state index contributed by atoms with van der Waals surface area (Å²) in [5.41, 5.74) is 2.03. The van der Waals surface area contributed by atoms with Crippen molar-refractivity contribution >= 4 is 6.21 Å². The molecular formula is C14H22ClN3O2. The summed E-state index contributed by atoms with van der Waals surface area (Å²) in [7, 11) is 1.87. The molecule has 0 fully saturated rings. The van der Waals surface area contributed by atoms with E-state index in [0.717, 1.165) is 23.4 Å². The predicted octanol–water partition coefficient (Wildman–Crippen LogP) is -0.990. The van der Waals surface area contributed by atoms with Gasteiger partial charge in [-0.15, -0.1) is 6.58 Å². The highest BCUT2D eigenvalue weighted by atomic mass is 35.5. The SMILES string of the molecule is C=C(C)CC(OCn1cc[n+](C)c1/C=N/O)C(=C)C.[Cl-]. The predicted molar refractivity (Wildman–Crippen MR) is 74.1 cm³/mol. The standard InChI is InChI=1S/C14H21N3O2.ClH/c1-11(2)8-13(12(3)4)19-10-17-7-6-16(5)14(17)9-15-18;/h6-7,9,13H,1,3,8,10H2,2,4-5H3;1H. The molecule has 1 N–H and O–H groups in total. The average molecular weight is 300 g/mol. The van der Waals surface area contributed by atoms with Crippen molar-refractivity contribution in [3.63, 3.8) is 0 Å². The van der Waals surface area contributed by atoms with Gasteiger partial charge < -0.3 is 22.4 Å². The number of ether oxygens (including phenoxy) is 1. The molecule has 1 aromatic heterocycles. The summed E-state index contributed by atoms with van der Waals surface area (Å²) in [5, 5.41) is 11.7. The molecule has 0 aromatic carbocycles. The Hall–Kier alpha value is -1.59. The lowest BCUT2D eigenvalue weighted by Crippen LogP contribution is -3.00. The van der Waals surface area contributed by atoms with Crippen molar-refractivity contribution in [2.45, 2.75) is 33.1 Å². The van der Waals surface area contributed by atoms with E-state index in [-0.39, 0.29) is 18.5 Å². The van der Waals surface area contributed by atoms with Gasteiger partial charge in [0.25, 0.3) is 0 Å². The first kappa shape index (κ1) is 18.4. The molecule has 112 valence electrons. The first-order chi connectivity index (χ1) is 8.95. The van der Waals surface area contributed by atoms with Crippen molar-refractivity contribution in [3.8, 4) is 0 Å². The van der Waals surface area contributed by atoms with Crippen LogP contribution in [0.3, 0.4) is 0 Å². The second-order valence-electron chi connectivity index (χ2n) is 4.77. The number of hydrogen-bond donors (Lipinski definition) is 1. The Kier molecular flexibility index (Phi) is 7.87. The van der Waals surface area contributed by atoms with Crippen molar-refractivity contribution in [1.29, 1.82) is 0 Å². The highest BCUT2D eigenvalue weighted by Gasteiger charge is 2.16. The van der Waals surface area contributed by atoms with Crippen LogP contribution in [-0.2, 0) is 18.5 Å². The first-order valence-electron chi connectivity index (χ1n) is 6.09. The molecule has 5 nitrogen and oxygen atoms in total. The van der Waals surface area contributed by atoms with Crippen LogP contribution in [-0.4, -0.2) is 22.1 Å². The quantitative estimate of drug-likeness (QED) is 0.231.